The molecule has 0 aromatic heterocycles. The molecular weight excluding hydrogens is 260 g/mol. The SMILES string of the molecule is Cc1ccccc1S(=O)Cc1cccc(C(=O)O)c1. The summed E-state index contributed by atoms with van der Waals surface area (Å²) in [4.78, 5) is 11.7. The molecule has 0 heterocycles. The molecule has 0 aliphatic rings. The van der Waals surface area contributed by atoms with Crippen molar-refractivity contribution in [2.24, 2.45) is 0 Å². The summed E-state index contributed by atoms with van der Waals surface area (Å²) in [6, 6.07) is 14.1. The minimum atomic E-state index is -1.16. The van der Waals surface area contributed by atoms with Crippen LogP contribution in [-0.2, 0) is 16.6 Å². The van der Waals surface area contributed by atoms with Crippen molar-refractivity contribution in [1.29, 1.82) is 0 Å². The number of carboxylic acid groups (broad SMARTS) is 1. The number of rotatable bonds is 4. The molecule has 0 fully saturated rings. The lowest BCUT2D eigenvalue weighted by molar-refractivity contribution is 0.0697. The molecule has 0 saturated carbocycles. The third-order valence-electron chi connectivity index (χ3n) is 2.81. The Balaban J connectivity index is 2.22. The number of hydrogen-bond donors (Lipinski definition) is 1. The Morgan fingerprint density at radius 1 is 1.16 bits per heavy atom. The molecule has 19 heavy (non-hydrogen) atoms. The quantitative estimate of drug-likeness (QED) is 0.932. The van der Waals surface area contributed by atoms with Gasteiger partial charge in [-0.25, -0.2) is 4.79 Å². The van der Waals surface area contributed by atoms with Gasteiger partial charge in [0.25, 0.3) is 0 Å². The van der Waals surface area contributed by atoms with Crippen LogP contribution in [0.3, 0.4) is 0 Å². The van der Waals surface area contributed by atoms with E-state index in [1.165, 1.54) is 6.07 Å². The van der Waals surface area contributed by atoms with E-state index in [0.29, 0.717) is 5.75 Å². The van der Waals surface area contributed by atoms with E-state index in [1.807, 2.05) is 31.2 Å². The van der Waals surface area contributed by atoms with Crippen LogP contribution in [0, 0.1) is 6.92 Å². The smallest absolute Gasteiger partial charge is 0.335 e. The summed E-state index contributed by atoms with van der Waals surface area (Å²) < 4.78 is 12.3. The van der Waals surface area contributed by atoms with E-state index in [0.717, 1.165) is 16.0 Å². The summed E-state index contributed by atoms with van der Waals surface area (Å²) in [5.41, 5.74) is 1.97. The second-order valence-corrected chi connectivity index (χ2v) is 5.68. The summed E-state index contributed by atoms with van der Waals surface area (Å²) in [6.07, 6.45) is 0. The monoisotopic (exact) mass is 274 g/mol. The van der Waals surface area contributed by atoms with E-state index in [4.69, 9.17) is 5.11 Å². The van der Waals surface area contributed by atoms with Gasteiger partial charge in [0.2, 0.25) is 0 Å². The fraction of sp³-hybridized carbons (Fsp3) is 0.133. The molecule has 0 amide bonds. The van der Waals surface area contributed by atoms with Gasteiger partial charge in [-0.1, -0.05) is 30.3 Å². The fourth-order valence-corrected chi connectivity index (χ4v) is 3.13. The van der Waals surface area contributed by atoms with Gasteiger partial charge in [0.05, 0.1) is 22.1 Å². The molecule has 0 spiro atoms. The zero-order valence-corrected chi connectivity index (χ0v) is 11.3. The normalized spacial score (nSPS) is 12.1. The third kappa shape index (κ3) is 3.29. The van der Waals surface area contributed by atoms with Crippen LogP contribution < -0.4 is 0 Å². The van der Waals surface area contributed by atoms with Crippen molar-refractivity contribution in [1.82, 2.24) is 0 Å². The molecule has 1 unspecified atom stereocenters. The van der Waals surface area contributed by atoms with Crippen molar-refractivity contribution in [2.45, 2.75) is 17.6 Å². The van der Waals surface area contributed by atoms with Gasteiger partial charge in [-0.3, -0.25) is 4.21 Å². The van der Waals surface area contributed by atoms with Crippen LogP contribution in [0.15, 0.2) is 53.4 Å². The topological polar surface area (TPSA) is 54.4 Å². The molecule has 0 saturated heterocycles. The first kappa shape index (κ1) is 13.5. The van der Waals surface area contributed by atoms with Gasteiger partial charge in [-0.15, -0.1) is 0 Å². The van der Waals surface area contributed by atoms with Gasteiger partial charge in [0.15, 0.2) is 0 Å². The summed E-state index contributed by atoms with van der Waals surface area (Å²) >= 11 is 0. The second kappa shape index (κ2) is 5.80. The standard InChI is InChI=1S/C15H14O3S/c1-11-5-2-3-8-14(11)19(18)10-12-6-4-7-13(9-12)15(16)17/h2-9H,10H2,1H3,(H,16,17). The Labute approximate surface area is 114 Å². The second-order valence-electron chi connectivity index (χ2n) is 4.26. The van der Waals surface area contributed by atoms with Crippen LogP contribution in [0.4, 0.5) is 0 Å². The highest BCUT2D eigenvalue weighted by Gasteiger charge is 2.09. The molecule has 2 aromatic carbocycles. The van der Waals surface area contributed by atoms with E-state index >= 15 is 0 Å². The van der Waals surface area contributed by atoms with Gasteiger partial charge in [-0.2, -0.15) is 0 Å². The molecule has 0 aliphatic heterocycles. The Kier molecular flexibility index (Phi) is 4.12. The first-order valence-electron chi connectivity index (χ1n) is 5.84. The van der Waals surface area contributed by atoms with E-state index in [9.17, 15) is 9.00 Å². The highest BCUT2D eigenvalue weighted by atomic mass is 32.2. The highest BCUT2D eigenvalue weighted by Crippen LogP contribution is 2.17. The van der Waals surface area contributed by atoms with Gasteiger partial charge >= 0.3 is 5.97 Å². The Hall–Kier alpha value is -1.94. The van der Waals surface area contributed by atoms with Crippen LogP contribution >= 0.6 is 0 Å². The van der Waals surface area contributed by atoms with E-state index in [1.54, 1.807) is 18.2 Å². The first-order chi connectivity index (χ1) is 9.08. The van der Waals surface area contributed by atoms with Crippen molar-refractivity contribution < 1.29 is 14.1 Å². The van der Waals surface area contributed by atoms with Gasteiger partial charge in [0.1, 0.15) is 0 Å². The number of aryl methyl sites for hydroxylation is 1. The minimum absolute atomic E-state index is 0.222. The van der Waals surface area contributed by atoms with Crippen LogP contribution in [0.5, 0.6) is 0 Å². The van der Waals surface area contributed by atoms with Gasteiger partial charge in [0, 0.05) is 4.90 Å². The zero-order chi connectivity index (χ0) is 13.8. The number of carbonyl (C=O) groups is 1. The van der Waals surface area contributed by atoms with Crippen LogP contribution in [-0.4, -0.2) is 15.3 Å². The fourth-order valence-electron chi connectivity index (χ4n) is 1.84. The predicted octanol–water partition coefficient (Wildman–Crippen LogP) is 3.00. The van der Waals surface area contributed by atoms with Gasteiger partial charge in [-0.05, 0) is 36.2 Å². The zero-order valence-electron chi connectivity index (χ0n) is 10.5. The van der Waals surface area contributed by atoms with Crippen molar-refractivity contribution in [3.05, 3.63) is 65.2 Å². The van der Waals surface area contributed by atoms with Crippen LogP contribution in [0.2, 0.25) is 0 Å². The first-order valence-corrected chi connectivity index (χ1v) is 7.16. The highest BCUT2D eigenvalue weighted by molar-refractivity contribution is 7.84. The average Bonchev–Trinajstić information content (AvgIpc) is 2.39. The lowest BCUT2D eigenvalue weighted by atomic mass is 10.1. The summed E-state index contributed by atoms with van der Waals surface area (Å²) in [7, 11) is -1.16. The molecule has 98 valence electrons. The van der Waals surface area contributed by atoms with E-state index in [-0.39, 0.29) is 5.56 Å². The predicted molar refractivity (Wildman–Crippen MR) is 74.7 cm³/mol. The maximum absolute atomic E-state index is 12.3. The number of carboxylic acids is 1. The summed E-state index contributed by atoms with van der Waals surface area (Å²) in [5.74, 6) is -0.644. The van der Waals surface area contributed by atoms with Crippen molar-refractivity contribution in [3.8, 4) is 0 Å². The van der Waals surface area contributed by atoms with Crippen molar-refractivity contribution >= 4 is 16.8 Å². The van der Waals surface area contributed by atoms with Crippen LogP contribution in [0.25, 0.3) is 0 Å². The number of hydrogen-bond acceptors (Lipinski definition) is 2. The lowest BCUT2D eigenvalue weighted by Gasteiger charge is -2.06. The minimum Gasteiger partial charge on any atom is -0.478 e. The third-order valence-corrected chi connectivity index (χ3v) is 4.35. The largest absolute Gasteiger partial charge is 0.478 e. The maximum Gasteiger partial charge on any atom is 0.335 e. The molecule has 0 bridgehead atoms. The Morgan fingerprint density at radius 3 is 2.58 bits per heavy atom. The molecule has 1 N–H and O–H groups in total. The molecule has 0 radical (unpaired) electrons. The molecule has 1 atom stereocenters. The summed E-state index contributed by atoms with van der Waals surface area (Å²) in [5, 5.41) is 8.93. The van der Waals surface area contributed by atoms with Crippen molar-refractivity contribution in [3.63, 3.8) is 0 Å². The average molecular weight is 274 g/mol. The van der Waals surface area contributed by atoms with Gasteiger partial charge < -0.3 is 5.11 Å². The maximum atomic E-state index is 12.3. The van der Waals surface area contributed by atoms with E-state index < -0.39 is 16.8 Å². The Bertz CT molecular complexity index is 635. The molecular formula is C15H14O3S. The number of aromatic carboxylic acids is 1. The number of benzene rings is 2. The van der Waals surface area contributed by atoms with Crippen molar-refractivity contribution in [2.75, 3.05) is 0 Å². The molecule has 0 aliphatic carbocycles. The van der Waals surface area contributed by atoms with Crippen LogP contribution in [0.1, 0.15) is 21.5 Å². The molecule has 2 aromatic rings. The molecule has 4 heteroatoms. The lowest BCUT2D eigenvalue weighted by Crippen LogP contribution is -2.01. The molecule has 2 rings (SSSR count). The summed E-state index contributed by atoms with van der Waals surface area (Å²) in [6.45, 7) is 1.92. The van der Waals surface area contributed by atoms with E-state index in [2.05, 4.69) is 0 Å². The molecule has 3 nitrogen and oxygen atoms in total. The Morgan fingerprint density at radius 2 is 1.89 bits per heavy atom.